The van der Waals surface area contributed by atoms with Gasteiger partial charge < -0.3 is 0 Å². The first kappa shape index (κ1) is 5.69. The van der Waals surface area contributed by atoms with E-state index in [0.717, 1.165) is 5.56 Å². The van der Waals surface area contributed by atoms with E-state index in [1.807, 2.05) is 6.92 Å². The molecular weight excluding hydrogens is 168 g/mol. The van der Waals surface area contributed by atoms with Crippen LogP contribution in [-0.4, -0.2) is 9.97 Å². The van der Waals surface area contributed by atoms with Crippen LogP contribution >= 0.6 is 15.9 Å². The van der Waals surface area contributed by atoms with Crippen LogP contribution < -0.4 is 0 Å². The van der Waals surface area contributed by atoms with Gasteiger partial charge in [-0.05, 0) is 28.4 Å². The first-order chi connectivity index (χ1) is 3.79. The van der Waals surface area contributed by atoms with Crippen LogP contribution in [0.4, 0.5) is 0 Å². The number of halogens is 1. The summed E-state index contributed by atoms with van der Waals surface area (Å²) in [6.45, 7) is 1.95. The monoisotopic (exact) mass is 172 g/mol. The zero-order chi connectivity index (χ0) is 5.98. The number of nitrogens with zero attached hydrogens (tertiary/aromatic N) is 2. The number of hydrogen-bond acceptors (Lipinski definition) is 2. The average molecular weight is 173 g/mol. The SMILES string of the molecule is Cc1cnc(Br)nc1. The van der Waals surface area contributed by atoms with E-state index in [-0.39, 0.29) is 0 Å². The van der Waals surface area contributed by atoms with Crippen molar-refractivity contribution < 1.29 is 0 Å². The number of rotatable bonds is 0. The maximum Gasteiger partial charge on any atom is 0.196 e. The van der Waals surface area contributed by atoms with Gasteiger partial charge in [0.1, 0.15) is 0 Å². The van der Waals surface area contributed by atoms with E-state index in [1.165, 1.54) is 0 Å². The van der Waals surface area contributed by atoms with Crippen molar-refractivity contribution in [2.45, 2.75) is 6.92 Å². The maximum atomic E-state index is 3.88. The smallest absolute Gasteiger partial charge is 0.196 e. The number of hydrogen-bond donors (Lipinski definition) is 0. The van der Waals surface area contributed by atoms with Gasteiger partial charge in [0.15, 0.2) is 4.73 Å². The molecule has 0 aliphatic heterocycles. The first-order valence-electron chi connectivity index (χ1n) is 2.23. The lowest BCUT2D eigenvalue weighted by Gasteiger charge is -1.86. The standard InChI is InChI=1S/C5H5BrN2/c1-4-2-7-5(6)8-3-4/h2-3H,1H3. The molecule has 0 amide bonds. The minimum absolute atomic E-state index is 0.642. The van der Waals surface area contributed by atoms with Gasteiger partial charge in [-0.15, -0.1) is 0 Å². The van der Waals surface area contributed by atoms with Crippen molar-refractivity contribution in [1.82, 2.24) is 9.97 Å². The summed E-state index contributed by atoms with van der Waals surface area (Å²) in [7, 11) is 0. The fourth-order valence-corrected chi connectivity index (χ4v) is 0.582. The summed E-state index contributed by atoms with van der Waals surface area (Å²) in [5, 5.41) is 0. The molecule has 0 saturated carbocycles. The van der Waals surface area contributed by atoms with Gasteiger partial charge in [-0.25, -0.2) is 9.97 Å². The van der Waals surface area contributed by atoms with Crippen LogP contribution in [-0.2, 0) is 0 Å². The van der Waals surface area contributed by atoms with Gasteiger partial charge >= 0.3 is 0 Å². The first-order valence-corrected chi connectivity index (χ1v) is 3.02. The summed E-state index contributed by atoms with van der Waals surface area (Å²) in [4.78, 5) is 7.77. The molecule has 0 aromatic carbocycles. The van der Waals surface area contributed by atoms with Crippen LogP contribution in [0, 0.1) is 6.92 Å². The second-order valence-electron chi connectivity index (χ2n) is 1.53. The van der Waals surface area contributed by atoms with Gasteiger partial charge in [0.25, 0.3) is 0 Å². The molecule has 0 aliphatic rings. The molecule has 8 heavy (non-hydrogen) atoms. The van der Waals surface area contributed by atoms with Gasteiger partial charge in [0.05, 0.1) is 0 Å². The Bertz CT molecular complexity index is 149. The van der Waals surface area contributed by atoms with Gasteiger partial charge in [0, 0.05) is 12.4 Å². The Labute approximate surface area is 56.1 Å². The van der Waals surface area contributed by atoms with Gasteiger partial charge in [-0.2, -0.15) is 0 Å². The van der Waals surface area contributed by atoms with Crippen molar-refractivity contribution in [3.63, 3.8) is 0 Å². The third-order valence-corrected chi connectivity index (χ3v) is 1.16. The molecule has 2 nitrogen and oxygen atoms in total. The van der Waals surface area contributed by atoms with Crippen LogP contribution in [0.2, 0.25) is 0 Å². The molecule has 0 unspecified atom stereocenters. The Balaban J connectivity index is 3.03. The highest BCUT2D eigenvalue weighted by atomic mass is 79.9. The fourth-order valence-electron chi connectivity index (χ4n) is 0.377. The third-order valence-electron chi connectivity index (χ3n) is 0.749. The van der Waals surface area contributed by atoms with E-state index in [1.54, 1.807) is 12.4 Å². The van der Waals surface area contributed by atoms with Crippen molar-refractivity contribution >= 4 is 15.9 Å². The lowest BCUT2D eigenvalue weighted by atomic mass is 10.4. The van der Waals surface area contributed by atoms with Gasteiger partial charge in [0.2, 0.25) is 0 Å². The maximum absolute atomic E-state index is 3.88. The summed E-state index contributed by atoms with van der Waals surface area (Å²) in [6, 6.07) is 0. The third kappa shape index (κ3) is 1.26. The highest BCUT2D eigenvalue weighted by Gasteiger charge is 1.84. The molecule has 0 atom stereocenters. The topological polar surface area (TPSA) is 25.8 Å². The minimum Gasteiger partial charge on any atom is -0.230 e. The number of aryl methyl sites for hydroxylation is 1. The second kappa shape index (κ2) is 2.22. The zero-order valence-corrected chi connectivity index (χ0v) is 6.01. The van der Waals surface area contributed by atoms with Crippen molar-refractivity contribution in [3.8, 4) is 0 Å². The van der Waals surface area contributed by atoms with Gasteiger partial charge in [-0.3, -0.25) is 0 Å². The van der Waals surface area contributed by atoms with Crippen molar-refractivity contribution in [1.29, 1.82) is 0 Å². The summed E-state index contributed by atoms with van der Waals surface area (Å²) in [5.74, 6) is 0. The molecule has 0 radical (unpaired) electrons. The molecule has 1 aromatic heterocycles. The molecule has 42 valence electrons. The summed E-state index contributed by atoms with van der Waals surface area (Å²) in [6.07, 6.45) is 3.52. The molecule has 0 N–H and O–H groups in total. The van der Waals surface area contributed by atoms with E-state index in [9.17, 15) is 0 Å². The summed E-state index contributed by atoms with van der Waals surface area (Å²) >= 11 is 3.12. The minimum atomic E-state index is 0.642. The predicted molar refractivity (Wildman–Crippen MR) is 34.5 cm³/mol. The van der Waals surface area contributed by atoms with Gasteiger partial charge in [-0.1, -0.05) is 0 Å². The Morgan fingerprint density at radius 2 is 1.88 bits per heavy atom. The molecule has 1 heterocycles. The fraction of sp³-hybridized carbons (Fsp3) is 0.200. The number of aromatic nitrogens is 2. The van der Waals surface area contributed by atoms with E-state index in [0.29, 0.717) is 4.73 Å². The normalized spacial score (nSPS) is 9.25. The Morgan fingerprint density at radius 3 is 2.25 bits per heavy atom. The predicted octanol–water partition coefficient (Wildman–Crippen LogP) is 1.55. The molecular formula is C5H5BrN2. The largest absolute Gasteiger partial charge is 0.230 e. The van der Waals surface area contributed by atoms with Crippen molar-refractivity contribution in [2.24, 2.45) is 0 Å². The van der Waals surface area contributed by atoms with E-state index in [2.05, 4.69) is 25.9 Å². The highest BCUT2D eigenvalue weighted by Crippen LogP contribution is 1.98. The molecule has 1 rings (SSSR count). The Kier molecular flexibility index (Phi) is 1.58. The average Bonchev–Trinajstić information content (AvgIpc) is 1.77. The van der Waals surface area contributed by atoms with Crippen LogP contribution in [0.1, 0.15) is 5.56 Å². The molecule has 1 aromatic rings. The van der Waals surface area contributed by atoms with Crippen molar-refractivity contribution in [2.75, 3.05) is 0 Å². The van der Waals surface area contributed by atoms with Crippen LogP contribution in [0.25, 0.3) is 0 Å². The highest BCUT2D eigenvalue weighted by molar-refractivity contribution is 9.10. The quantitative estimate of drug-likeness (QED) is 0.556. The van der Waals surface area contributed by atoms with E-state index >= 15 is 0 Å². The summed E-state index contributed by atoms with van der Waals surface area (Å²) < 4.78 is 0.642. The molecule has 0 saturated heterocycles. The molecule has 0 aliphatic carbocycles. The Morgan fingerprint density at radius 1 is 1.38 bits per heavy atom. The van der Waals surface area contributed by atoms with Crippen LogP contribution in [0.15, 0.2) is 17.1 Å². The summed E-state index contributed by atoms with van der Waals surface area (Å²) in [5.41, 5.74) is 1.08. The lowest BCUT2D eigenvalue weighted by molar-refractivity contribution is 1.08. The molecule has 0 bridgehead atoms. The molecule has 0 spiro atoms. The molecule has 0 fully saturated rings. The zero-order valence-electron chi connectivity index (χ0n) is 4.43. The second-order valence-corrected chi connectivity index (χ2v) is 2.24. The lowest BCUT2D eigenvalue weighted by Crippen LogP contribution is -1.80. The van der Waals surface area contributed by atoms with E-state index < -0.39 is 0 Å². The van der Waals surface area contributed by atoms with Crippen LogP contribution in [0.5, 0.6) is 0 Å². The molecule has 3 heteroatoms. The van der Waals surface area contributed by atoms with Crippen molar-refractivity contribution in [3.05, 3.63) is 22.7 Å². The Hall–Kier alpha value is -0.440. The van der Waals surface area contributed by atoms with Crippen LogP contribution in [0.3, 0.4) is 0 Å². The van der Waals surface area contributed by atoms with E-state index in [4.69, 9.17) is 0 Å².